The summed E-state index contributed by atoms with van der Waals surface area (Å²) in [5.74, 6) is 0.433. The van der Waals surface area contributed by atoms with Gasteiger partial charge in [0, 0.05) is 39.3 Å². The standard InChI is InChI=1S/C12H26N2O/c1-12(2,3)8-11(10-15)9-14-6-4-13-5-7-14/h11,13,15H,4-10H2,1-3H3. The van der Waals surface area contributed by atoms with Gasteiger partial charge in [-0.2, -0.15) is 0 Å². The molecule has 1 atom stereocenters. The van der Waals surface area contributed by atoms with E-state index in [1.165, 1.54) is 0 Å². The number of aliphatic hydroxyl groups is 1. The lowest BCUT2D eigenvalue weighted by Gasteiger charge is -2.32. The van der Waals surface area contributed by atoms with Gasteiger partial charge in [0.2, 0.25) is 0 Å². The van der Waals surface area contributed by atoms with E-state index in [1.807, 2.05) is 0 Å². The Morgan fingerprint density at radius 3 is 2.33 bits per heavy atom. The Morgan fingerprint density at radius 1 is 1.27 bits per heavy atom. The first-order chi connectivity index (χ1) is 7.01. The molecule has 0 bridgehead atoms. The zero-order chi connectivity index (χ0) is 11.3. The van der Waals surface area contributed by atoms with Crippen molar-refractivity contribution >= 4 is 0 Å². The van der Waals surface area contributed by atoms with Crippen LogP contribution in [0.1, 0.15) is 27.2 Å². The highest BCUT2D eigenvalue weighted by atomic mass is 16.3. The van der Waals surface area contributed by atoms with Crippen LogP contribution in [0.3, 0.4) is 0 Å². The fourth-order valence-corrected chi connectivity index (χ4v) is 2.31. The van der Waals surface area contributed by atoms with Crippen molar-refractivity contribution in [3.05, 3.63) is 0 Å². The Kier molecular flexibility index (Phi) is 5.03. The summed E-state index contributed by atoms with van der Waals surface area (Å²) < 4.78 is 0. The molecule has 1 aliphatic heterocycles. The summed E-state index contributed by atoms with van der Waals surface area (Å²) >= 11 is 0. The molecule has 0 aromatic heterocycles. The second kappa shape index (κ2) is 5.83. The van der Waals surface area contributed by atoms with Crippen LogP contribution in [0.5, 0.6) is 0 Å². The first-order valence-corrected chi connectivity index (χ1v) is 6.05. The van der Waals surface area contributed by atoms with E-state index >= 15 is 0 Å². The summed E-state index contributed by atoms with van der Waals surface area (Å²) in [6.07, 6.45) is 1.10. The minimum Gasteiger partial charge on any atom is -0.396 e. The molecule has 1 saturated heterocycles. The van der Waals surface area contributed by atoms with E-state index in [9.17, 15) is 5.11 Å². The van der Waals surface area contributed by atoms with E-state index in [1.54, 1.807) is 0 Å². The lowest BCUT2D eigenvalue weighted by atomic mass is 9.84. The summed E-state index contributed by atoms with van der Waals surface area (Å²) in [5.41, 5.74) is 0.321. The highest BCUT2D eigenvalue weighted by Gasteiger charge is 2.21. The summed E-state index contributed by atoms with van der Waals surface area (Å²) in [4.78, 5) is 2.46. The van der Waals surface area contributed by atoms with E-state index < -0.39 is 0 Å². The van der Waals surface area contributed by atoms with Crippen molar-refractivity contribution in [1.29, 1.82) is 0 Å². The van der Waals surface area contributed by atoms with Gasteiger partial charge < -0.3 is 15.3 Å². The summed E-state index contributed by atoms with van der Waals surface area (Å²) in [6.45, 7) is 12.5. The van der Waals surface area contributed by atoms with Crippen molar-refractivity contribution in [3.8, 4) is 0 Å². The SMILES string of the molecule is CC(C)(C)CC(CO)CN1CCNCC1. The predicted molar refractivity (Wildman–Crippen MR) is 64.0 cm³/mol. The van der Waals surface area contributed by atoms with E-state index in [2.05, 4.69) is 31.0 Å². The lowest BCUT2D eigenvalue weighted by molar-refractivity contribution is 0.122. The highest BCUT2D eigenvalue weighted by molar-refractivity contribution is 4.75. The van der Waals surface area contributed by atoms with Crippen LogP contribution in [-0.4, -0.2) is 49.3 Å². The molecule has 1 heterocycles. The van der Waals surface area contributed by atoms with Gasteiger partial charge in [-0.1, -0.05) is 20.8 Å². The number of rotatable bonds is 4. The van der Waals surface area contributed by atoms with Gasteiger partial charge in [0.05, 0.1) is 0 Å². The van der Waals surface area contributed by atoms with Gasteiger partial charge in [0.1, 0.15) is 0 Å². The van der Waals surface area contributed by atoms with Crippen molar-refractivity contribution in [2.45, 2.75) is 27.2 Å². The molecule has 0 spiro atoms. The molecule has 15 heavy (non-hydrogen) atoms. The average Bonchev–Trinajstić information content (AvgIpc) is 2.16. The fourth-order valence-electron chi connectivity index (χ4n) is 2.31. The molecule has 0 aromatic carbocycles. The molecule has 0 saturated carbocycles. The second-order valence-electron chi connectivity index (χ2n) is 5.86. The predicted octanol–water partition coefficient (Wildman–Crippen LogP) is 0.936. The highest BCUT2D eigenvalue weighted by Crippen LogP contribution is 2.24. The largest absolute Gasteiger partial charge is 0.396 e. The molecule has 0 aliphatic carbocycles. The quantitative estimate of drug-likeness (QED) is 0.731. The molecule has 3 heteroatoms. The van der Waals surface area contributed by atoms with E-state index in [0.717, 1.165) is 39.1 Å². The third-order valence-corrected chi connectivity index (χ3v) is 2.89. The van der Waals surface area contributed by atoms with Crippen molar-refractivity contribution in [2.24, 2.45) is 11.3 Å². The zero-order valence-electron chi connectivity index (χ0n) is 10.4. The maximum atomic E-state index is 9.38. The van der Waals surface area contributed by atoms with Crippen LogP contribution < -0.4 is 5.32 Å². The van der Waals surface area contributed by atoms with Crippen LogP contribution in [0.15, 0.2) is 0 Å². The molecule has 1 aliphatic rings. The first kappa shape index (κ1) is 12.9. The topological polar surface area (TPSA) is 35.5 Å². The minimum atomic E-state index is 0.321. The number of hydrogen-bond donors (Lipinski definition) is 2. The Balaban J connectivity index is 2.31. The Bertz CT molecular complexity index is 171. The first-order valence-electron chi connectivity index (χ1n) is 6.05. The van der Waals surface area contributed by atoms with Crippen molar-refractivity contribution in [2.75, 3.05) is 39.3 Å². The third-order valence-electron chi connectivity index (χ3n) is 2.89. The number of nitrogens with zero attached hydrogens (tertiary/aromatic N) is 1. The van der Waals surface area contributed by atoms with E-state index in [4.69, 9.17) is 0 Å². The van der Waals surface area contributed by atoms with Crippen LogP contribution in [0.4, 0.5) is 0 Å². The molecule has 3 nitrogen and oxygen atoms in total. The van der Waals surface area contributed by atoms with Gasteiger partial charge in [-0.25, -0.2) is 0 Å². The van der Waals surface area contributed by atoms with Gasteiger partial charge in [0.25, 0.3) is 0 Å². The summed E-state index contributed by atoms with van der Waals surface area (Å²) in [5, 5.41) is 12.7. The molecular formula is C12H26N2O. The minimum absolute atomic E-state index is 0.321. The van der Waals surface area contributed by atoms with E-state index in [0.29, 0.717) is 17.9 Å². The number of piperazine rings is 1. The average molecular weight is 214 g/mol. The Labute approximate surface area is 93.9 Å². The monoisotopic (exact) mass is 214 g/mol. The zero-order valence-corrected chi connectivity index (χ0v) is 10.4. The molecule has 0 aromatic rings. The molecule has 1 unspecified atom stereocenters. The molecule has 90 valence electrons. The smallest absolute Gasteiger partial charge is 0.0471 e. The van der Waals surface area contributed by atoms with Gasteiger partial charge in [-0.05, 0) is 17.8 Å². The van der Waals surface area contributed by atoms with Gasteiger partial charge in [-0.3, -0.25) is 0 Å². The molecular weight excluding hydrogens is 188 g/mol. The van der Waals surface area contributed by atoms with Crippen molar-refractivity contribution in [3.63, 3.8) is 0 Å². The fraction of sp³-hybridized carbons (Fsp3) is 1.00. The molecule has 0 radical (unpaired) electrons. The number of aliphatic hydroxyl groups excluding tert-OH is 1. The molecule has 2 N–H and O–H groups in total. The van der Waals surface area contributed by atoms with Crippen LogP contribution >= 0.6 is 0 Å². The normalized spacial score (nSPS) is 21.6. The Hall–Kier alpha value is -0.120. The Morgan fingerprint density at radius 2 is 1.87 bits per heavy atom. The third kappa shape index (κ3) is 5.50. The second-order valence-corrected chi connectivity index (χ2v) is 5.86. The van der Waals surface area contributed by atoms with E-state index in [-0.39, 0.29) is 0 Å². The summed E-state index contributed by atoms with van der Waals surface area (Å²) in [6, 6.07) is 0. The van der Waals surface area contributed by atoms with Crippen LogP contribution in [-0.2, 0) is 0 Å². The molecule has 1 rings (SSSR count). The van der Waals surface area contributed by atoms with Crippen LogP contribution in [0.2, 0.25) is 0 Å². The van der Waals surface area contributed by atoms with Crippen LogP contribution in [0.25, 0.3) is 0 Å². The van der Waals surface area contributed by atoms with Crippen LogP contribution in [0, 0.1) is 11.3 Å². The molecule has 0 amide bonds. The maximum Gasteiger partial charge on any atom is 0.0471 e. The molecule has 1 fully saturated rings. The van der Waals surface area contributed by atoms with Gasteiger partial charge >= 0.3 is 0 Å². The van der Waals surface area contributed by atoms with Crippen molar-refractivity contribution < 1.29 is 5.11 Å². The van der Waals surface area contributed by atoms with Gasteiger partial charge in [0.15, 0.2) is 0 Å². The maximum absolute atomic E-state index is 9.38. The number of hydrogen-bond acceptors (Lipinski definition) is 3. The van der Waals surface area contributed by atoms with Crippen molar-refractivity contribution in [1.82, 2.24) is 10.2 Å². The summed E-state index contributed by atoms with van der Waals surface area (Å²) in [7, 11) is 0. The van der Waals surface area contributed by atoms with Gasteiger partial charge in [-0.15, -0.1) is 0 Å². The number of nitrogens with one attached hydrogen (secondary N) is 1. The lowest BCUT2D eigenvalue weighted by Crippen LogP contribution is -2.46.